The molecule has 0 aliphatic heterocycles. The van der Waals surface area contributed by atoms with Gasteiger partial charge in [0.2, 0.25) is 0 Å². The van der Waals surface area contributed by atoms with Crippen molar-refractivity contribution in [1.29, 1.82) is 0 Å². The fourth-order valence-corrected chi connectivity index (χ4v) is 1.72. The molecule has 0 heterocycles. The summed E-state index contributed by atoms with van der Waals surface area (Å²) < 4.78 is 0. The molecular formula is C11H21N. The monoisotopic (exact) mass is 167 g/mol. The smallest absolute Gasteiger partial charge is 0.0169 e. The summed E-state index contributed by atoms with van der Waals surface area (Å²) in [4.78, 5) is 0. The van der Waals surface area contributed by atoms with Crippen molar-refractivity contribution in [2.24, 2.45) is 5.92 Å². The maximum Gasteiger partial charge on any atom is 0.0169 e. The molecule has 1 aliphatic rings. The first-order chi connectivity index (χ1) is 5.83. The van der Waals surface area contributed by atoms with Crippen molar-refractivity contribution in [3.8, 4) is 0 Å². The fourth-order valence-electron chi connectivity index (χ4n) is 1.72. The molecule has 0 radical (unpaired) electrons. The molecular weight excluding hydrogens is 146 g/mol. The molecule has 0 spiro atoms. The van der Waals surface area contributed by atoms with Crippen LogP contribution in [0.4, 0.5) is 0 Å². The van der Waals surface area contributed by atoms with Crippen LogP contribution in [0.3, 0.4) is 0 Å². The molecule has 0 saturated heterocycles. The van der Waals surface area contributed by atoms with Crippen molar-refractivity contribution in [3.05, 3.63) is 11.8 Å². The van der Waals surface area contributed by atoms with E-state index in [0.29, 0.717) is 0 Å². The van der Waals surface area contributed by atoms with Gasteiger partial charge in [-0.2, -0.15) is 0 Å². The summed E-state index contributed by atoms with van der Waals surface area (Å²) in [5.41, 5.74) is 1.45. The van der Waals surface area contributed by atoms with Gasteiger partial charge in [0, 0.05) is 6.54 Å². The zero-order valence-electron chi connectivity index (χ0n) is 8.40. The van der Waals surface area contributed by atoms with E-state index >= 15 is 0 Å². The number of rotatable bonds is 4. The Morgan fingerprint density at radius 2 is 2.08 bits per heavy atom. The van der Waals surface area contributed by atoms with Gasteiger partial charge in [-0.05, 0) is 38.3 Å². The molecule has 1 heteroatoms. The van der Waals surface area contributed by atoms with Gasteiger partial charge in [-0.15, -0.1) is 0 Å². The lowest BCUT2D eigenvalue weighted by Crippen LogP contribution is -2.15. The molecule has 1 nitrogen and oxygen atoms in total. The molecule has 1 N–H and O–H groups in total. The third kappa shape index (κ3) is 3.29. The third-order valence-corrected chi connectivity index (χ3v) is 2.79. The largest absolute Gasteiger partial charge is 0.391 e. The number of hydrogen-bond acceptors (Lipinski definition) is 1. The van der Waals surface area contributed by atoms with Gasteiger partial charge < -0.3 is 5.32 Å². The van der Waals surface area contributed by atoms with Crippen molar-refractivity contribution < 1.29 is 0 Å². The van der Waals surface area contributed by atoms with E-state index in [0.717, 1.165) is 12.3 Å². The minimum absolute atomic E-state index is 0.950. The second-order valence-electron chi connectivity index (χ2n) is 3.90. The molecule has 0 amide bonds. The minimum Gasteiger partial charge on any atom is -0.391 e. The van der Waals surface area contributed by atoms with Gasteiger partial charge in [0.25, 0.3) is 0 Å². The van der Waals surface area contributed by atoms with Crippen LogP contribution in [-0.4, -0.2) is 6.54 Å². The van der Waals surface area contributed by atoms with Crippen LogP contribution >= 0.6 is 0 Å². The second-order valence-corrected chi connectivity index (χ2v) is 3.90. The highest BCUT2D eigenvalue weighted by Crippen LogP contribution is 2.23. The average Bonchev–Trinajstić information content (AvgIpc) is 2.57. The van der Waals surface area contributed by atoms with E-state index in [9.17, 15) is 0 Å². The molecule has 1 rings (SSSR count). The highest BCUT2D eigenvalue weighted by molar-refractivity contribution is 4.95. The van der Waals surface area contributed by atoms with E-state index in [2.05, 4.69) is 25.4 Å². The Bertz CT molecular complexity index is 143. The predicted molar refractivity (Wildman–Crippen MR) is 54.0 cm³/mol. The lowest BCUT2D eigenvalue weighted by molar-refractivity contribution is 0.525. The van der Waals surface area contributed by atoms with Crippen molar-refractivity contribution in [2.45, 2.75) is 46.0 Å². The van der Waals surface area contributed by atoms with Crippen molar-refractivity contribution >= 4 is 0 Å². The van der Waals surface area contributed by atoms with Gasteiger partial charge in [-0.25, -0.2) is 0 Å². The number of hydrogen-bond donors (Lipinski definition) is 1. The third-order valence-electron chi connectivity index (χ3n) is 2.79. The lowest BCUT2D eigenvalue weighted by atomic mass is 10.1. The molecule has 0 aromatic rings. The molecule has 70 valence electrons. The molecule has 1 saturated carbocycles. The van der Waals surface area contributed by atoms with E-state index in [1.807, 2.05) is 0 Å². The van der Waals surface area contributed by atoms with Crippen LogP contribution < -0.4 is 5.32 Å². The SMILES string of the molecule is CC/C(C)=C/NCC1CCCC1. The van der Waals surface area contributed by atoms with Gasteiger partial charge in [0.1, 0.15) is 0 Å². The lowest BCUT2D eigenvalue weighted by Gasteiger charge is -2.08. The summed E-state index contributed by atoms with van der Waals surface area (Å²) in [7, 11) is 0. The van der Waals surface area contributed by atoms with Crippen molar-refractivity contribution in [3.63, 3.8) is 0 Å². The first-order valence-electron chi connectivity index (χ1n) is 5.22. The minimum atomic E-state index is 0.950. The van der Waals surface area contributed by atoms with E-state index in [1.165, 1.54) is 37.8 Å². The van der Waals surface area contributed by atoms with Gasteiger partial charge in [0.15, 0.2) is 0 Å². The van der Waals surface area contributed by atoms with Crippen LogP contribution in [0, 0.1) is 5.92 Å². The summed E-state index contributed by atoms with van der Waals surface area (Å²) in [5.74, 6) is 0.950. The molecule has 12 heavy (non-hydrogen) atoms. The molecule has 0 aromatic carbocycles. The summed E-state index contributed by atoms with van der Waals surface area (Å²) in [6.07, 6.45) is 9.11. The van der Waals surface area contributed by atoms with Crippen LogP contribution in [0.2, 0.25) is 0 Å². The maximum absolute atomic E-state index is 3.42. The summed E-state index contributed by atoms with van der Waals surface area (Å²) in [5, 5.41) is 3.42. The average molecular weight is 167 g/mol. The molecule has 0 unspecified atom stereocenters. The van der Waals surface area contributed by atoms with Gasteiger partial charge in [-0.3, -0.25) is 0 Å². The van der Waals surface area contributed by atoms with Crippen LogP contribution in [0.5, 0.6) is 0 Å². The van der Waals surface area contributed by atoms with E-state index in [4.69, 9.17) is 0 Å². The number of allylic oxidation sites excluding steroid dienone is 1. The molecule has 0 bridgehead atoms. The highest BCUT2D eigenvalue weighted by Gasteiger charge is 2.13. The standard InChI is InChI=1S/C11H21N/c1-3-10(2)8-12-9-11-6-4-5-7-11/h8,11-12H,3-7,9H2,1-2H3/b10-8+. The van der Waals surface area contributed by atoms with Crippen molar-refractivity contribution in [1.82, 2.24) is 5.32 Å². The normalized spacial score (nSPS) is 20.0. The first-order valence-corrected chi connectivity index (χ1v) is 5.22. The van der Waals surface area contributed by atoms with Crippen molar-refractivity contribution in [2.75, 3.05) is 6.54 Å². The summed E-state index contributed by atoms with van der Waals surface area (Å²) >= 11 is 0. The summed E-state index contributed by atoms with van der Waals surface area (Å²) in [6, 6.07) is 0. The summed E-state index contributed by atoms with van der Waals surface area (Å²) in [6.45, 7) is 5.57. The van der Waals surface area contributed by atoms with Gasteiger partial charge in [0.05, 0.1) is 0 Å². The van der Waals surface area contributed by atoms with Crippen LogP contribution in [0.25, 0.3) is 0 Å². The molecule has 0 aromatic heterocycles. The van der Waals surface area contributed by atoms with Crippen LogP contribution in [0.15, 0.2) is 11.8 Å². The van der Waals surface area contributed by atoms with Gasteiger partial charge >= 0.3 is 0 Å². The van der Waals surface area contributed by atoms with Crippen LogP contribution in [0.1, 0.15) is 46.0 Å². The highest BCUT2D eigenvalue weighted by atomic mass is 14.8. The van der Waals surface area contributed by atoms with E-state index in [-0.39, 0.29) is 0 Å². The Labute approximate surface area is 76.2 Å². The second kappa shape index (κ2) is 5.23. The Hall–Kier alpha value is -0.460. The maximum atomic E-state index is 3.42. The Balaban J connectivity index is 2.08. The zero-order chi connectivity index (χ0) is 8.81. The number of nitrogens with one attached hydrogen (secondary N) is 1. The van der Waals surface area contributed by atoms with Crippen LogP contribution in [-0.2, 0) is 0 Å². The van der Waals surface area contributed by atoms with E-state index < -0.39 is 0 Å². The fraction of sp³-hybridized carbons (Fsp3) is 0.818. The Morgan fingerprint density at radius 3 is 2.67 bits per heavy atom. The Kier molecular flexibility index (Phi) is 4.20. The first kappa shape index (κ1) is 9.63. The molecule has 1 aliphatic carbocycles. The van der Waals surface area contributed by atoms with E-state index in [1.54, 1.807) is 0 Å². The Morgan fingerprint density at radius 1 is 1.42 bits per heavy atom. The molecule has 0 atom stereocenters. The molecule has 1 fully saturated rings. The predicted octanol–water partition coefficient (Wildman–Crippen LogP) is 3.08. The quantitative estimate of drug-likeness (QED) is 0.678. The van der Waals surface area contributed by atoms with Gasteiger partial charge in [-0.1, -0.05) is 25.3 Å². The zero-order valence-corrected chi connectivity index (χ0v) is 8.40. The topological polar surface area (TPSA) is 12.0 Å².